The Morgan fingerprint density at radius 2 is 1.59 bits per heavy atom. The number of aromatic nitrogens is 3. The van der Waals surface area contributed by atoms with Gasteiger partial charge in [-0.1, -0.05) is 60.7 Å². The van der Waals surface area contributed by atoms with E-state index in [4.69, 9.17) is 9.98 Å². The lowest BCUT2D eigenvalue weighted by molar-refractivity contribution is 0.770. The number of pyridine rings is 1. The highest BCUT2D eigenvalue weighted by Crippen LogP contribution is 2.44. The SMILES string of the molecule is Cn1ccc(-c2cc(N=C(c3ccccc3)c3ccccc3)ncc2C2CC2)n1. The lowest BCUT2D eigenvalue weighted by Gasteiger charge is -2.10. The largest absolute Gasteiger partial charge is 0.275 e. The number of benzene rings is 2. The molecule has 0 spiro atoms. The molecule has 0 saturated heterocycles. The van der Waals surface area contributed by atoms with Crippen molar-refractivity contribution in [2.24, 2.45) is 12.0 Å². The molecule has 0 atom stereocenters. The molecule has 1 aliphatic rings. The first kappa shape index (κ1) is 17.6. The molecule has 0 aliphatic heterocycles. The van der Waals surface area contributed by atoms with Crippen LogP contribution in [0.15, 0.2) is 90.2 Å². The highest BCUT2D eigenvalue weighted by atomic mass is 15.2. The Hall–Kier alpha value is -3.53. The third-order valence-electron chi connectivity index (χ3n) is 5.25. The van der Waals surface area contributed by atoms with Gasteiger partial charge in [0, 0.05) is 36.1 Å². The molecule has 29 heavy (non-hydrogen) atoms. The van der Waals surface area contributed by atoms with E-state index in [1.165, 1.54) is 18.4 Å². The first-order valence-corrected chi connectivity index (χ1v) is 9.97. The van der Waals surface area contributed by atoms with E-state index in [-0.39, 0.29) is 0 Å². The van der Waals surface area contributed by atoms with Crippen molar-refractivity contribution in [2.45, 2.75) is 18.8 Å². The molecule has 2 aromatic heterocycles. The third-order valence-corrected chi connectivity index (χ3v) is 5.25. The zero-order valence-corrected chi connectivity index (χ0v) is 16.4. The van der Waals surface area contributed by atoms with Crippen molar-refractivity contribution >= 4 is 11.5 Å². The van der Waals surface area contributed by atoms with Gasteiger partial charge in [-0.2, -0.15) is 5.10 Å². The number of hydrogen-bond donors (Lipinski definition) is 0. The number of aliphatic imine (C=N–C) groups is 1. The van der Waals surface area contributed by atoms with Crippen LogP contribution in [0.3, 0.4) is 0 Å². The minimum Gasteiger partial charge on any atom is -0.275 e. The molecule has 4 nitrogen and oxygen atoms in total. The number of aryl methyl sites for hydroxylation is 1. The second-order valence-corrected chi connectivity index (χ2v) is 7.47. The maximum Gasteiger partial charge on any atom is 0.153 e. The van der Waals surface area contributed by atoms with Crippen LogP contribution in [0.2, 0.25) is 0 Å². The fourth-order valence-corrected chi connectivity index (χ4v) is 3.62. The fraction of sp³-hybridized carbons (Fsp3) is 0.160. The molecule has 142 valence electrons. The van der Waals surface area contributed by atoms with Gasteiger partial charge in [0.2, 0.25) is 0 Å². The second kappa shape index (κ2) is 7.47. The van der Waals surface area contributed by atoms with E-state index in [0.29, 0.717) is 11.7 Å². The Bertz CT molecular complexity index is 1110. The van der Waals surface area contributed by atoms with E-state index in [1.807, 2.05) is 60.5 Å². The van der Waals surface area contributed by atoms with Crippen LogP contribution in [0.5, 0.6) is 0 Å². The second-order valence-electron chi connectivity index (χ2n) is 7.47. The Morgan fingerprint density at radius 3 is 2.14 bits per heavy atom. The molecule has 1 aliphatic carbocycles. The first-order chi connectivity index (χ1) is 14.3. The minimum absolute atomic E-state index is 0.597. The van der Waals surface area contributed by atoms with Crippen LogP contribution in [0, 0.1) is 0 Å². The summed E-state index contributed by atoms with van der Waals surface area (Å²) in [6.45, 7) is 0. The molecule has 5 rings (SSSR count). The molecular formula is C25H22N4. The van der Waals surface area contributed by atoms with Gasteiger partial charge in [-0.15, -0.1) is 0 Å². The summed E-state index contributed by atoms with van der Waals surface area (Å²) >= 11 is 0. The zero-order chi connectivity index (χ0) is 19.6. The fourth-order valence-electron chi connectivity index (χ4n) is 3.62. The number of rotatable bonds is 5. The molecule has 2 heterocycles. The summed E-state index contributed by atoms with van der Waals surface area (Å²) in [4.78, 5) is 9.69. The monoisotopic (exact) mass is 378 g/mol. The maximum absolute atomic E-state index is 4.98. The van der Waals surface area contributed by atoms with E-state index >= 15 is 0 Å². The Morgan fingerprint density at radius 1 is 0.931 bits per heavy atom. The Kier molecular flexibility index (Phi) is 4.53. The van der Waals surface area contributed by atoms with Gasteiger partial charge in [-0.05, 0) is 36.5 Å². The van der Waals surface area contributed by atoms with Gasteiger partial charge < -0.3 is 0 Å². The number of nitrogens with zero attached hydrogens (tertiary/aromatic N) is 4. The normalized spacial score (nSPS) is 13.3. The van der Waals surface area contributed by atoms with Gasteiger partial charge in [-0.25, -0.2) is 9.98 Å². The Labute approximate surface area is 170 Å². The number of hydrogen-bond acceptors (Lipinski definition) is 3. The average Bonchev–Trinajstić information content (AvgIpc) is 3.53. The highest BCUT2D eigenvalue weighted by molar-refractivity contribution is 6.13. The van der Waals surface area contributed by atoms with Crippen LogP contribution >= 0.6 is 0 Å². The summed E-state index contributed by atoms with van der Waals surface area (Å²) < 4.78 is 1.84. The van der Waals surface area contributed by atoms with E-state index in [2.05, 4.69) is 41.5 Å². The van der Waals surface area contributed by atoms with Gasteiger partial charge in [0.05, 0.1) is 11.4 Å². The molecule has 4 heteroatoms. The predicted octanol–water partition coefficient (Wildman–Crippen LogP) is 5.53. The van der Waals surface area contributed by atoms with Gasteiger partial charge >= 0.3 is 0 Å². The van der Waals surface area contributed by atoms with Crippen molar-refractivity contribution in [3.05, 3.63) is 102 Å². The molecule has 0 radical (unpaired) electrons. The molecular weight excluding hydrogens is 356 g/mol. The zero-order valence-electron chi connectivity index (χ0n) is 16.4. The van der Waals surface area contributed by atoms with Crippen LogP contribution in [-0.2, 0) is 7.05 Å². The van der Waals surface area contributed by atoms with Gasteiger partial charge in [0.1, 0.15) is 0 Å². The van der Waals surface area contributed by atoms with Crippen LogP contribution in [0.4, 0.5) is 5.82 Å². The van der Waals surface area contributed by atoms with Crippen LogP contribution in [0.25, 0.3) is 11.3 Å². The van der Waals surface area contributed by atoms with Crippen LogP contribution in [-0.4, -0.2) is 20.5 Å². The molecule has 2 aromatic carbocycles. The van der Waals surface area contributed by atoms with Gasteiger partial charge in [0.25, 0.3) is 0 Å². The van der Waals surface area contributed by atoms with Crippen molar-refractivity contribution in [2.75, 3.05) is 0 Å². The summed E-state index contributed by atoms with van der Waals surface area (Å²) in [5.74, 6) is 1.30. The van der Waals surface area contributed by atoms with Crippen molar-refractivity contribution in [3.8, 4) is 11.3 Å². The lowest BCUT2D eigenvalue weighted by Crippen LogP contribution is -2.03. The van der Waals surface area contributed by atoms with Crippen LogP contribution in [0.1, 0.15) is 35.4 Å². The van der Waals surface area contributed by atoms with Crippen molar-refractivity contribution in [3.63, 3.8) is 0 Å². The smallest absolute Gasteiger partial charge is 0.153 e. The van der Waals surface area contributed by atoms with E-state index in [0.717, 1.165) is 28.1 Å². The van der Waals surface area contributed by atoms with E-state index < -0.39 is 0 Å². The van der Waals surface area contributed by atoms with Crippen molar-refractivity contribution < 1.29 is 0 Å². The average molecular weight is 378 g/mol. The summed E-state index contributed by atoms with van der Waals surface area (Å²) in [6.07, 6.45) is 6.43. The van der Waals surface area contributed by atoms with Crippen molar-refractivity contribution in [1.29, 1.82) is 0 Å². The van der Waals surface area contributed by atoms with Gasteiger partial charge in [0.15, 0.2) is 5.82 Å². The quantitative estimate of drug-likeness (QED) is 0.429. The molecule has 0 amide bonds. The molecule has 1 saturated carbocycles. The standard InChI is InChI=1S/C25H22N4/c1-29-15-14-23(28-29)21-16-24(26-17-22(21)18-12-13-18)27-25(19-8-4-2-5-9-19)20-10-6-3-7-11-20/h2-11,14-18H,12-13H2,1H3. The lowest BCUT2D eigenvalue weighted by atomic mass is 10.0. The van der Waals surface area contributed by atoms with Crippen molar-refractivity contribution in [1.82, 2.24) is 14.8 Å². The molecule has 0 bridgehead atoms. The molecule has 1 fully saturated rings. The summed E-state index contributed by atoms with van der Waals surface area (Å²) in [7, 11) is 1.95. The van der Waals surface area contributed by atoms with E-state index in [9.17, 15) is 0 Å². The summed E-state index contributed by atoms with van der Waals surface area (Å²) in [5.41, 5.74) is 6.47. The highest BCUT2D eigenvalue weighted by Gasteiger charge is 2.27. The first-order valence-electron chi connectivity index (χ1n) is 9.97. The Balaban J connectivity index is 1.64. The molecule has 0 unspecified atom stereocenters. The molecule has 4 aromatic rings. The summed E-state index contributed by atoms with van der Waals surface area (Å²) in [6, 6.07) is 24.7. The maximum atomic E-state index is 4.98. The summed E-state index contributed by atoms with van der Waals surface area (Å²) in [5, 5.41) is 4.63. The third kappa shape index (κ3) is 3.74. The topological polar surface area (TPSA) is 43.1 Å². The van der Waals surface area contributed by atoms with Crippen LogP contribution < -0.4 is 0 Å². The van der Waals surface area contributed by atoms with Gasteiger partial charge in [-0.3, -0.25) is 4.68 Å². The molecule has 0 N–H and O–H groups in total. The predicted molar refractivity (Wildman–Crippen MR) is 117 cm³/mol. The van der Waals surface area contributed by atoms with E-state index in [1.54, 1.807) is 0 Å². The minimum atomic E-state index is 0.597.